The first-order valence-electron chi connectivity index (χ1n) is 9.03. The second kappa shape index (κ2) is 9.30. The number of unbranched alkanes of at least 4 members (excludes halogenated alkanes) is 1. The van der Waals surface area contributed by atoms with Crippen molar-refractivity contribution in [2.45, 2.75) is 58.1 Å². The van der Waals surface area contributed by atoms with Crippen molar-refractivity contribution >= 4 is 11.8 Å². The molecule has 1 saturated heterocycles. The molecule has 2 rings (SSSR count). The number of aromatic hydroxyl groups is 1. The summed E-state index contributed by atoms with van der Waals surface area (Å²) in [6, 6.07) is 6.48. The summed E-state index contributed by atoms with van der Waals surface area (Å²) < 4.78 is 5.65. The van der Waals surface area contributed by atoms with Gasteiger partial charge in [-0.15, -0.1) is 0 Å². The van der Waals surface area contributed by atoms with E-state index in [-0.39, 0.29) is 23.6 Å². The molecule has 0 bridgehead atoms. The van der Waals surface area contributed by atoms with Crippen molar-refractivity contribution in [1.29, 1.82) is 0 Å². The summed E-state index contributed by atoms with van der Waals surface area (Å²) in [5, 5.41) is 12.3. The smallest absolute Gasteiger partial charge is 0.263 e. The maximum absolute atomic E-state index is 12.5. The van der Waals surface area contributed by atoms with Gasteiger partial charge in [0.15, 0.2) is 6.10 Å². The van der Waals surface area contributed by atoms with Gasteiger partial charge >= 0.3 is 0 Å². The summed E-state index contributed by atoms with van der Waals surface area (Å²) in [6.45, 7) is 5.05. The number of rotatable bonds is 7. The summed E-state index contributed by atoms with van der Waals surface area (Å²) in [7, 11) is 0. The van der Waals surface area contributed by atoms with Crippen LogP contribution in [0, 0.1) is 0 Å². The van der Waals surface area contributed by atoms with E-state index in [2.05, 4.69) is 12.2 Å². The van der Waals surface area contributed by atoms with Crippen molar-refractivity contribution in [3.8, 4) is 11.5 Å². The molecule has 6 nitrogen and oxygen atoms in total. The van der Waals surface area contributed by atoms with Gasteiger partial charge in [-0.3, -0.25) is 9.59 Å². The lowest BCUT2D eigenvalue weighted by atomic mass is 10.0. The highest BCUT2D eigenvalue weighted by Crippen LogP contribution is 2.19. The molecule has 1 aromatic rings. The SMILES string of the molecule is CCCCC(=O)NC1CCN(C(=O)C(C)Oc2ccc(O)cc2)CC1. The van der Waals surface area contributed by atoms with Crippen molar-refractivity contribution < 1.29 is 19.4 Å². The van der Waals surface area contributed by atoms with Crippen LogP contribution in [-0.4, -0.2) is 47.1 Å². The zero-order valence-corrected chi connectivity index (χ0v) is 15.0. The second-order valence-corrected chi connectivity index (χ2v) is 6.52. The van der Waals surface area contributed by atoms with E-state index in [0.717, 1.165) is 25.7 Å². The van der Waals surface area contributed by atoms with Crippen molar-refractivity contribution in [2.24, 2.45) is 0 Å². The molecule has 0 saturated carbocycles. The van der Waals surface area contributed by atoms with Crippen molar-refractivity contribution in [2.75, 3.05) is 13.1 Å². The highest BCUT2D eigenvalue weighted by molar-refractivity contribution is 5.81. The van der Waals surface area contributed by atoms with Gasteiger partial charge in [0.1, 0.15) is 11.5 Å². The van der Waals surface area contributed by atoms with Gasteiger partial charge in [0, 0.05) is 25.6 Å². The molecule has 2 amide bonds. The Morgan fingerprint density at radius 3 is 2.52 bits per heavy atom. The van der Waals surface area contributed by atoms with E-state index in [4.69, 9.17) is 4.74 Å². The van der Waals surface area contributed by atoms with Crippen molar-refractivity contribution in [3.05, 3.63) is 24.3 Å². The Labute approximate surface area is 149 Å². The summed E-state index contributed by atoms with van der Waals surface area (Å²) in [5.41, 5.74) is 0. The first-order chi connectivity index (χ1) is 12.0. The topological polar surface area (TPSA) is 78.9 Å². The van der Waals surface area contributed by atoms with E-state index in [0.29, 0.717) is 25.3 Å². The Balaban J connectivity index is 1.76. The highest BCUT2D eigenvalue weighted by Gasteiger charge is 2.27. The average Bonchev–Trinajstić information content (AvgIpc) is 2.62. The number of carbonyl (C=O) groups is 2. The quantitative estimate of drug-likeness (QED) is 0.793. The summed E-state index contributed by atoms with van der Waals surface area (Å²) in [5.74, 6) is 0.769. The highest BCUT2D eigenvalue weighted by atomic mass is 16.5. The van der Waals surface area contributed by atoms with Crippen LogP contribution in [-0.2, 0) is 9.59 Å². The number of hydrogen-bond acceptors (Lipinski definition) is 4. The lowest BCUT2D eigenvalue weighted by Gasteiger charge is -2.33. The number of hydrogen-bond donors (Lipinski definition) is 2. The summed E-state index contributed by atoms with van der Waals surface area (Å²) in [6.07, 6.45) is 3.47. The van der Waals surface area contributed by atoms with Gasteiger partial charge in [-0.1, -0.05) is 13.3 Å². The number of ether oxygens (including phenoxy) is 1. The van der Waals surface area contributed by atoms with Crippen LogP contribution >= 0.6 is 0 Å². The van der Waals surface area contributed by atoms with Gasteiger partial charge < -0.3 is 20.1 Å². The van der Waals surface area contributed by atoms with E-state index >= 15 is 0 Å². The third kappa shape index (κ3) is 5.96. The molecule has 2 N–H and O–H groups in total. The van der Waals surface area contributed by atoms with Crippen LogP contribution in [0.1, 0.15) is 46.0 Å². The lowest BCUT2D eigenvalue weighted by molar-refractivity contribution is -0.139. The molecule has 0 radical (unpaired) electrons. The van der Waals surface area contributed by atoms with Crippen molar-refractivity contribution in [1.82, 2.24) is 10.2 Å². The van der Waals surface area contributed by atoms with E-state index in [1.165, 1.54) is 12.1 Å². The molecule has 1 aromatic carbocycles. The van der Waals surface area contributed by atoms with Crippen LogP contribution in [0.25, 0.3) is 0 Å². The van der Waals surface area contributed by atoms with Crippen LogP contribution in [0.4, 0.5) is 0 Å². The zero-order valence-electron chi connectivity index (χ0n) is 15.0. The minimum Gasteiger partial charge on any atom is -0.508 e. The Morgan fingerprint density at radius 1 is 1.28 bits per heavy atom. The molecule has 1 aliphatic rings. The van der Waals surface area contributed by atoms with Gasteiger partial charge in [-0.25, -0.2) is 0 Å². The van der Waals surface area contributed by atoms with Crippen LogP contribution in [0.2, 0.25) is 0 Å². The normalized spacial score (nSPS) is 16.3. The number of likely N-dealkylation sites (tertiary alicyclic amines) is 1. The van der Waals surface area contributed by atoms with Gasteiger partial charge in [-0.05, 0) is 50.5 Å². The molecule has 6 heteroatoms. The van der Waals surface area contributed by atoms with Crippen LogP contribution in [0.3, 0.4) is 0 Å². The zero-order chi connectivity index (χ0) is 18.2. The minimum absolute atomic E-state index is 0.0520. The lowest BCUT2D eigenvalue weighted by Crippen LogP contribution is -2.49. The molecule has 0 spiro atoms. The fourth-order valence-corrected chi connectivity index (χ4v) is 2.92. The third-order valence-corrected chi connectivity index (χ3v) is 4.43. The number of phenols is 1. The number of nitrogens with zero attached hydrogens (tertiary/aromatic N) is 1. The van der Waals surface area contributed by atoms with Gasteiger partial charge in [0.05, 0.1) is 0 Å². The van der Waals surface area contributed by atoms with Crippen molar-refractivity contribution in [3.63, 3.8) is 0 Å². The molecule has 1 aliphatic heterocycles. The maximum atomic E-state index is 12.5. The first kappa shape index (κ1) is 19.1. The number of carbonyl (C=O) groups excluding carboxylic acids is 2. The van der Waals surface area contributed by atoms with Crippen LogP contribution < -0.4 is 10.1 Å². The fraction of sp³-hybridized carbons (Fsp3) is 0.579. The van der Waals surface area contributed by atoms with E-state index in [1.54, 1.807) is 24.0 Å². The number of phenolic OH excluding ortho intramolecular Hbond substituents is 1. The number of benzene rings is 1. The van der Waals surface area contributed by atoms with Crippen LogP contribution in [0.15, 0.2) is 24.3 Å². The minimum atomic E-state index is -0.583. The standard InChI is InChI=1S/C19H28N2O4/c1-3-4-5-18(23)20-15-10-12-21(13-11-15)19(24)14(2)25-17-8-6-16(22)7-9-17/h6-9,14-15,22H,3-5,10-13H2,1-2H3,(H,20,23). The third-order valence-electron chi connectivity index (χ3n) is 4.43. The molecule has 1 fully saturated rings. The Morgan fingerprint density at radius 2 is 1.92 bits per heavy atom. The molecule has 0 aliphatic carbocycles. The predicted octanol–water partition coefficient (Wildman–Crippen LogP) is 2.46. The predicted molar refractivity (Wildman–Crippen MR) is 95.5 cm³/mol. The number of nitrogens with one attached hydrogen (secondary N) is 1. The molecule has 1 unspecified atom stereocenters. The fourth-order valence-electron chi connectivity index (χ4n) is 2.92. The van der Waals surface area contributed by atoms with Gasteiger partial charge in [0.2, 0.25) is 5.91 Å². The average molecular weight is 348 g/mol. The molecule has 0 aromatic heterocycles. The number of amides is 2. The van der Waals surface area contributed by atoms with E-state index < -0.39 is 6.10 Å². The summed E-state index contributed by atoms with van der Waals surface area (Å²) in [4.78, 5) is 26.1. The van der Waals surface area contributed by atoms with E-state index in [1.807, 2.05) is 0 Å². The molecular formula is C19H28N2O4. The Bertz CT molecular complexity index is 565. The van der Waals surface area contributed by atoms with Gasteiger partial charge in [-0.2, -0.15) is 0 Å². The molecule has 1 heterocycles. The second-order valence-electron chi connectivity index (χ2n) is 6.52. The molecule has 1 atom stereocenters. The van der Waals surface area contributed by atoms with Crippen LogP contribution in [0.5, 0.6) is 11.5 Å². The van der Waals surface area contributed by atoms with Gasteiger partial charge in [0.25, 0.3) is 5.91 Å². The number of piperidine rings is 1. The largest absolute Gasteiger partial charge is 0.508 e. The Hall–Kier alpha value is -2.24. The first-order valence-corrected chi connectivity index (χ1v) is 9.03. The van der Waals surface area contributed by atoms with E-state index in [9.17, 15) is 14.7 Å². The Kier molecular flexibility index (Phi) is 7.10. The monoisotopic (exact) mass is 348 g/mol. The molecular weight excluding hydrogens is 320 g/mol. The molecule has 25 heavy (non-hydrogen) atoms. The maximum Gasteiger partial charge on any atom is 0.263 e. The molecule has 138 valence electrons. The summed E-state index contributed by atoms with van der Waals surface area (Å²) >= 11 is 0.